The summed E-state index contributed by atoms with van der Waals surface area (Å²) in [5.74, 6) is 0.830. The molecule has 0 bridgehead atoms. The summed E-state index contributed by atoms with van der Waals surface area (Å²) in [6, 6.07) is 7.71. The molecule has 2 nitrogen and oxygen atoms in total. The summed E-state index contributed by atoms with van der Waals surface area (Å²) < 4.78 is 11.8. The van der Waals surface area contributed by atoms with Gasteiger partial charge in [0, 0.05) is 4.47 Å². The van der Waals surface area contributed by atoms with Crippen LogP contribution in [-0.4, -0.2) is 13.4 Å². The fourth-order valence-electron chi connectivity index (χ4n) is 1.17. The fraction of sp³-hybridized carbons (Fsp3) is 0.385. The molecular weight excluding hydrogens is 268 g/mol. The monoisotopic (exact) mass is 284 g/mol. The Hall–Kier alpha value is -0.800. The minimum Gasteiger partial charge on any atom is -0.468 e. The molecule has 0 saturated heterocycles. The molecule has 0 aliphatic carbocycles. The standard InChI is InChI=1S/C13H17BrO2/c1-2-3-4-5-10-15-11-16-13-8-6-12(14)7-9-13/h2-3,6-9H,4-5,10-11H2,1H3/b3-2+. The van der Waals surface area contributed by atoms with Crippen molar-refractivity contribution < 1.29 is 9.47 Å². The zero-order valence-electron chi connectivity index (χ0n) is 9.49. The van der Waals surface area contributed by atoms with E-state index in [0.717, 1.165) is 29.7 Å². The fourth-order valence-corrected chi connectivity index (χ4v) is 1.43. The first-order valence-corrected chi connectivity index (χ1v) is 6.19. The van der Waals surface area contributed by atoms with Crippen molar-refractivity contribution in [3.05, 3.63) is 40.9 Å². The first-order chi connectivity index (χ1) is 7.83. The van der Waals surface area contributed by atoms with Gasteiger partial charge < -0.3 is 9.47 Å². The molecule has 1 rings (SSSR count). The molecule has 0 unspecified atom stereocenters. The van der Waals surface area contributed by atoms with E-state index in [1.54, 1.807) is 0 Å². The molecule has 0 heterocycles. The van der Waals surface area contributed by atoms with Crippen LogP contribution in [0.5, 0.6) is 5.75 Å². The summed E-state index contributed by atoms with van der Waals surface area (Å²) in [7, 11) is 0. The first-order valence-electron chi connectivity index (χ1n) is 5.40. The first kappa shape index (κ1) is 13.3. The highest BCUT2D eigenvalue weighted by molar-refractivity contribution is 9.10. The van der Waals surface area contributed by atoms with E-state index < -0.39 is 0 Å². The van der Waals surface area contributed by atoms with Crippen LogP contribution in [0.15, 0.2) is 40.9 Å². The van der Waals surface area contributed by atoms with E-state index in [4.69, 9.17) is 9.47 Å². The zero-order valence-corrected chi connectivity index (χ0v) is 11.1. The third-order valence-corrected chi connectivity index (χ3v) is 2.55. The van der Waals surface area contributed by atoms with Crippen LogP contribution >= 0.6 is 15.9 Å². The molecule has 0 atom stereocenters. The van der Waals surface area contributed by atoms with Crippen molar-refractivity contribution in [2.45, 2.75) is 19.8 Å². The normalized spacial score (nSPS) is 10.9. The van der Waals surface area contributed by atoms with Gasteiger partial charge in [0.05, 0.1) is 6.61 Å². The second-order valence-electron chi connectivity index (χ2n) is 3.34. The van der Waals surface area contributed by atoms with Gasteiger partial charge in [-0.15, -0.1) is 0 Å². The lowest BCUT2D eigenvalue weighted by Crippen LogP contribution is -2.03. The highest BCUT2D eigenvalue weighted by atomic mass is 79.9. The van der Waals surface area contributed by atoms with Crippen LogP contribution in [0, 0.1) is 0 Å². The van der Waals surface area contributed by atoms with E-state index in [0.29, 0.717) is 6.79 Å². The Balaban J connectivity index is 2.05. The average Bonchev–Trinajstić information content (AvgIpc) is 2.30. The average molecular weight is 285 g/mol. The Bertz CT molecular complexity index is 306. The molecule has 1 aromatic rings. The van der Waals surface area contributed by atoms with Crippen molar-refractivity contribution in [3.63, 3.8) is 0 Å². The molecule has 0 aromatic heterocycles. The zero-order chi connectivity index (χ0) is 11.6. The van der Waals surface area contributed by atoms with Crippen molar-refractivity contribution >= 4 is 15.9 Å². The third kappa shape index (κ3) is 5.93. The quantitative estimate of drug-likeness (QED) is 0.425. The Labute approximate surface area is 105 Å². The lowest BCUT2D eigenvalue weighted by molar-refractivity contribution is 0.0145. The van der Waals surface area contributed by atoms with Crippen molar-refractivity contribution in [2.75, 3.05) is 13.4 Å². The maximum absolute atomic E-state index is 5.41. The summed E-state index contributed by atoms with van der Waals surface area (Å²) in [4.78, 5) is 0. The summed E-state index contributed by atoms with van der Waals surface area (Å²) in [5.41, 5.74) is 0. The smallest absolute Gasteiger partial charge is 0.189 e. The van der Waals surface area contributed by atoms with E-state index in [2.05, 4.69) is 28.1 Å². The number of ether oxygens (including phenoxy) is 2. The minimum atomic E-state index is 0.317. The number of hydrogen-bond acceptors (Lipinski definition) is 2. The maximum atomic E-state index is 5.41. The van der Waals surface area contributed by atoms with Gasteiger partial charge in [0.25, 0.3) is 0 Å². The van der Waals surface area contributed by atoms with Crippen molar-refractivity contribution in [1.29, 1.82) is 0 Å². The van der Waals surface area contributed by atoms with E-state index in [9.17, 15) is 0 Å². The number of rotatable bonds is 7. The Morgan fingerprint density at radius 2 is 2.00 bits per heavy atom. The number of benzene rings is 1. The molecule has 0 saturated carbocycles. The van der Waals surface area contributed by atoms with Crippen molar-refractivity contribution in [2.24, 2.45) is 0 Å². The number of unbranched alkanes of at least 4 members (excludes halogenated alkanes) is 1. The van der Waals surface area contributed by atoms with Gasteiger partial charge in [0.1, 0.15) is 5.75 Å². The van der Waals surface area contributed by atoms with Gasteiger partial charge in [-0.3, -0.25) is 0 Å². The van der Waals surface area contributed by atoms with Crippen molar-refractivity contribution in [1.82, 2.24) is 0 Å². The Morgan fingerprint density at radius 1 is 1.25 bits per heavy atom. The molecule has 0 fully saturated rings. The lowest BCUT2D eigenvalue weighted by atomic mass is 10.3. The molecule has 0 radical (unpaired) electrons. The molecule has 1 aromatic carbocycles. The largest absolute Gasteiger partial charge is 0.468 e. The molecule has 0 aliphatic rings. The topological polar surface area (TPSA) is 18.5 Å². The van der Waals surface area contributed by atoms with Crippen LogP contribution in [0.4, 0.5) is 0 Å². The predicted octanol–water partition coefficient (Wildman–Crippen LogP) is 4.16. The van der Waals surface area contributed by atoms with Gasteiger partial charge in [-0.25, -0.2) is 0 Å². The van der Waals surface area contributed by atoms with E-state index in [1.807, 2.05) is 31.2 Å². The van der Waals surface area contributed by atoms with Crippen LogP contribution in [0.1, 0.15) is 19.8 Å². The van der Waals surface area contributed by atoms with Crippen LogP contribution in [0.2, 0.25) is 0 Å². The number of allylic oxidation sites excluding steroid dienone is 2. The molecule has 0 spiro atoms. The molecular formula is C13H17BrO2. The van der Waals surface area contributed by atoms with Crippen LogP contribution in [-0.2, 0) is 4.74 Å². The van der Waals surface area contributed by atoms with E-state index in [1.165, 1.54) is 0 Å². The number of halogens is 1. The number of hydrogen-bond donors (Lipinski definition) is 0. The summed E-state index contributed by atoms with van der Waals surface area (Å²) in [6.07, 6.45) is 6.29. The third-order valence-electron chi connectivity index (χ3n) is 2.02. The summed E-state index contributed by atoms with van der Waals surface area (Å²) in [5, 5.41) is 0. The van der Waals surface area contributed by atoms with Crippen LogP contribution in [0.25, 0.3) is 0 Å². The van der Waals surface area contributed by atoms with Gasteiger partial charge in [-0.2, -0.15) is 0 Å². The molecule has 3 heteroatoms. The van der Waals surface area contributed by atoms with Crippen molar-refractivity contribution in [3.8, 4) is 5.75 Å². The second kappa shape index (κ2) is 8.36. The Kier molecular flexibility index (Phi) is 6.93. The summed E-state index contributed by atoms with van der Waals surface area (Å²) in [6.45, 7) is 3.08. The van der Waals surface area contributed by atoms with Gasteiger partial charge in [0.2, 0.25) is 0 Å². The van der Waals surface area contributed by atoms with Gasteiger partial charge in [0.15, 0.2) is 6.79 Å². The van der Waals surface area contributed by atoms with E-state index in [-0.39, 0.29) is 0 Å². The summed E-state index contributed by atoms with van der Waals surface area (Å²) >= 11 is 3.37. The predicted molar refractivity (Wildman–Crippen MR) is 69.6 cm³/mol. The highest BCUT2D eigenvalue weighted by Gasteiger charge is 1.93. The van der Waals surface area contributed by atoms with Crippen LogP contribution in [0.3, 0.4) is 0 Å². The lowest BCUT2D eigenvalue weighted by Gasteiger charge is -2.06. The Morgan fingerprint density at radius 3 is 2.69 bits per heavy atom. The van der Waals surface area contributed by atoms with Gasteiger partial charge >= 0.3 is 0 Å². The van der Waals surface area contributed by atoms with Gasteiger partial charge in [-0.05, 0) is 44.0 Å². The molecule has 0 aliphatic heterocycles. The molecule has 0 amide bonds. The second-order valence-corrected chi connectivity index (χ2v) is 4.25. The van der Waals surface area contributed by atoms with Crippen LogP contribution < -0.4 is 4.74 Å². The SMILES string of the molecule is C/C=C/CCCOCOc1ccc(Br)cc1. The maximum Gasteiger partial charge on any atom is 0.189 e. The van der Waals surface area contributed by atoms with Gasteiger partial charge in [-0.1, -0.05) is 28.1 Å². The minimum absolute atomic E-state index is 0.317. The molecule has 16 heavy (non-hydrogen) atoms. The molecule has 0 N–H and O–H groups in total. The van der Waals surface area contributed by atoms with E-state index >= 15 is 0 Å². The highest BCUT2D eigenvalue weighted by Crippen LogP contribution is 2.15. The molecule has 88 valence electrons.